The zero-order valence-corrected chi connectivity index (χ0v) is 15.3. The van der Waals surface area contributed by atoms with Gasteiger partial charge in [-0.05, 0) is 25.2 Å². The van der Waals surface area contributed by atoms with E-state index in [1.54, 1.807) is 11.3 Å². The lowest BCUT2D eigenvalue weighted by Crippen LogP contribution is -2.72. The second kappa shape index (κ2) is 6.30. The monoisotopic (exact) mass is 349 g/mol. The number of urea groups is 1. The number of hydrogen-bond acceptors (Lipinski definition) is 4. The molecule has 5 nitrogen and oxygen atoms in total. The van der Waals surface area contributed by atoms with Gasteiger partial charge in [0.05, 0.1) is 17.7 Å². The third kappa shape index (κ3) is 2.73. The molecule has 2 N–H and O–H groups in total. The van der Waals surface area contributed by atoms with Crippen LogP contribution in [0.5, 0.6) is 0 Å². The standard InChI is InChI=1S/C18H27N3O2S/c1-11(2)8-14-19-9-12(24-14)10-20-17(22)21-15-13-4-7-23-16(13)18(15)5-3-6-18/h9,11,13,15-16H,3-8,10H2,1-2H3,(H2,20,21,22)/t13-,15+,16+/m0/s1. The minimum Gasteiger partial charge on any atom is -0.377 e. The normalized spacial score (nSPS) is 29.9. The number of hydrogen-bond donors (Lipinski definition) is 2. The van der Waals surface area contributed by atoms with E-state index in [2.05, 4.69) is 29.5 Å². The molecule has 1 aliphatic heterocycles. The van der Waals surface area contributed by atoms with Crippen LogP contribution in [-0.4, -0.2) is 29.8 Å². The summed E-state index contributed by atoms with van der Waals surface area (Å²) < 4.78 is 5.91. The largest absolute Gasteiger partial charge is 0.377 e. The van der Waals surface area contributed by atoms with Gasteiger partial charge in [-0.1, -0.05) is 20.3 Å². The number of rotatable bonds is 5. The summed E-state index contributed by atoms with van der Waals surface area (Å²) in [6, 6.07) is 0.257. The average molecular weight is 350 g/mol. The molecule has 2 heterocycles. The van der Waals surface area contributed by atoms with E-state index in [-0.39, 0.29) is 11.4 Å². The van der Waals surface area contributed by atoms with Gasteiger partial charge < -0.3 is 15.4 Å². The Hall–Kier alpha value is -1.14. The molecule has 1 aromatic rings. The number of fused-ring (bicyclic) bond motifs is 2. The van der Waals surface area contributed by atoms with E-state index in [1.165, 1.54) is 19.3 Å². The van der Waals surface area contributed by atoms with Crippen molar-refractivity contribution in [2.45, 2.75) is 64.6 Å². The van der Waals surface area contributed by atoms with Crippen LogP contribution < -0.4 is 10.6 Å². The molecule has 3 atom stereocenters. The van der Waals surface area contributed by atoms with Crippen molar-refractivity contribution >= 4 is 17.4 Å². The summed E-state index contributed by atoms with van der Waals surface area (Å²) in [5, 5.41) is 7.41. The van der Waals surface area contributed by atoms with Gasteiger partial charge >= 0.3 is 6.03 Å². The van der Waals surface area contributed by atoms with Crippen LogP contribution in [0, 0.1) is 17.3 Å². The number of nitrogens with one attached hydrogen (secondary N) is 2. The Kier molecular flexibility index (Phi) is 4.29. The van der Waals surface area contributed by atoms with E-state index in [0.717, 1.165) is 29.3 Å². The molecule has 2 amide bonds. The number of carbonyl (C=O) groups is 1. The molecule has 0 radical (unpaired) electrons. The highest BCUT2D eigenvalue weighted by molar-refractivity contribution is 7.11. The molecule has 3 aliphatic rings. The Morgan fingerprint density at radius 3 is 3.04 bits per heavy atom. The van der Waals surface area contributed by atoms with Gasteiger partial charge in [0, 0.05) is 41.5 Å². The molecule has 1 saturated heterocycles. The summed E-state index contributed by atoms with van der Waals surface area (Å²) in [5.41, 5.74) is 0.243. The fraction of sp³-hybridized carbons (Fsp3) is 0.778. The van der Waals surface area contributed by atoms with E-state index >= 15 is 0 Å². The summed E-state index contributed by atoms with van der Waals surface area (Å²) >= 11 is 1.70. The summed E-state index contributed by atoms with van der Waals surface area (Å²) in [5.74, 6) is 1.14. The van der Waals surface area contributed by atoms with Crippen LogP contribution in [0.15, 0.2) is 6.20 Å². The van der Waals surface area contributed by atoms with Crippen molar-refractivity contribution in [1.29, 1.82) is 0 Å². The van der Waals surface area contributed by atoms with Crippen LogP contribution in [0.2, 0.25) is 0 Å². The molecule has 132 valence electrons. The lowest BCUT2D eigenvalue weighted by molar-refractivity contribution is -0.172. The van der Waals surface area contributed by atoms with Crippen molar-refractivity contribution in [3.05, 3.63) is 16.1 Å². The number of carbonyl (C=O) groups excluding carboxylic acids is 1. The van der Waals surface area contributed by atoms with E-state index < -0.39 is 0 Å². The Labute approximate surface area is 147 Å². The molecule has 0 unspecified atom stereocenters. The van der Waals surface area contributed by atoms with Gasteiger partial charge in [-0.3, -0.25) is 0 Å². The predicted molar refractivity (Wildman–Crippen MR) is 93.9 cm³/mol. The molecule has 3 fully saturated rings. The maximum atomic E-state index is 12.3. The van der Waals surface area contributed by atoms with E-state index in [9.17, 15) is 4.79 Å². The Balaban J connectivity index is 1.29. The van der Waals surface area contributed by atoms with Gasteiger partial charge in [-0.25, -0.2) is 9.78 Å². The molecule has 0 bridgehead atoms. The first-order valence-electron chi connectivity index (χ1n) is 9.18. The SMILES string of the molecule is CC(C)Cc1ncc(CNC(=O)N[C@@H]2[C@@H]3CCO[C@H]3C23CCC3)s1. The Bertz CT molecular complexity index is 611. The number of nitrogens with zero attached hydrogens (tertiary/aromatic N) is 1. The first-order valence-corrected chi connectivity index (χ1v) is 10.00. The van der Waals surface area contributed by atoms with Gasteiger partial charge in [0.15, 0.2) is 0 Å². The predicted octanol–water partition coefficient (Wildman–Crippen LogP) is 3.10. The zero-order chi connectivity index (χ0) is 16.7. The smallest absolute Gasteiger partial charge is 0.315 e. The molecule has 24 heavy (non-hydrogen) atoms. The second-order valence-electron chi connectivity index (χ2n) is 7.95. The molecular formula is C18H27N3O2S. The summed E-state index contributed by atoms with van der Waals surface area (Å²) in [6.45, 7) is 5.81. The zero-order valence-electron chi connectivity index (χ0n) is 14.5. The minimum absolute atomic E-state index is 0.0459. The van der Waals surface area contributed by atoms with Crippen LogP contribution >= 0.6 is 11.3 Å². The quantitative estimate of drug-likeness (QED) is 0.858. The van der Waals surface area contributed by atoms with Crippen LogP contribution in [0.1, 0.15) is 49.4 Å². The van der Waals surface area contributed by atoms with Crippen LogP contribution in [0.3, 0.4) is 0 Å². The van der Waals surface area contributed by atoms with E-state index in [0.29, 0.717) is 30.5 Å². The molecule has 2 aliphatic carbocycles. The van der Waals surface area contributed by atoms with Gasteiger partial charge in [-0.15, -0.1) is 11.3 Å². The van der Waals surface area contributed by atoms with Crippen molar-refractivity contribution in [3.63, 3.8) is 0 Å². The molecule has 2 saturated carbocycles. The Morgan fingerprint density at radius 2 is 2.33 bits per heavy atom. The summed E-state index contributed by atoms with van der Waals surface area (Å²) in [4.78, 5) is 17.9. The van der Waals surface area contributed by atoms with Gasteiger partial charge in [0.25, 0.3) is 0 Å². The van der Waals surface area contributed by atoms with Crippen LogP contribution in [0.25, 0.3) is 0 Å². The number of aromatic nitrogens is 1. The van der Waals surface area contributed by atoms with Crippen LogP contribution in [-0.2, 0) is 17.7 Å². The number of ether oxygens (including phenoxy) is 1. The molecule has 6 heteroatoms. The first kappa shape index (κ1) is 16.3. The summed E-state index contributed by atoms with van der Waals surface area (Å²) in [7, 11) is 0. The number of thiazole rings is 1. The van der Waals surface area contributed by atoms with Gasteiger partial charge in [0.1, 0.15) is 0 Å². The van der Waals surface area contributed by atoms with Crippen LogP contribution in [0.4, 0.5) is 4.79 Å². The lowest BCUT2D eigenvalue weighted by Gasteiger charge is -2.63. The number of amides is 2. The topological polar surface area (TPSA) is 63.2 Å². The van der Waals surface area contributed by atoms with Crippen molar-refractivity contribution in [3.8, 4) is 0 Å². The Morgan fingerprint density at radius 1 is 1.50 bits per heavy atom. The summed E-state index contributed by atoms with van der Waals surface area (Å²) in [6.07, 6.45) is 8.05. The highest BCUT2D eigenvalue weighted by atomic mass is 32.1. The van der Waals surface area contributed by atoms with Crippen molar-refractivity contribution < 1.29 is 9.53 Å². The maximum Gasteiger partial charge on any atom is 0.315 e. The molecule has 4 rings (SSSR count). The van der Waals surface area contributed by atoms with E-state index in [4.69, 9.17) is 4.74 Å². The van der Waals surface area contributed by atoms with E-state index in [1.807, 2.05) is 6.20 Å². The second-order valence-corrected chi connectivity index (χ2v) is 9.15. The van der Waals surface area contributed by atoms with Crippen molar-refractivity contribution in [1.82, 2.24) is 15.6 Å². The third-order valence-electron chi connectivity index (χ3n) is 5.93. The molecule has 1 aromatic heterocycles. The minimum atomic E-state index is -0.0459. The van der Waals surface area contributed by atoms with Crippen molar-refractivity contribution in [2.24, 2.45) is 17.3 Å². The average Bonchev–Trinajstić information content (AvgIpc) is 3.08. The maximum absolute atomic E-state index is 12.3. The molecular weight excluding hydrogens is 322 g/mol. The van der Waals surface area contributed by atoms with Crippen molar-refractivity contribution in [2.75, 3.05) is 6.61 Å². The first-order chi connectivity index (χ1) is 11.6. The van der Waals surface area contributed by atoms with Gasteiger partial charge in [0.2, 0.25) is 0 Å². The highest BCUT2D eigenvalue weighted by Gasteiger charge is 2.66. The lowest BCUT2D eigenvalue weighted by atomic mass is 9.46. The highest BCUT2D eigenvalue weighted by Crippen LogP contribution is 2.62. The fourth-order valence-corrected chi connectivity index (χ4v) is 5.76. The molecule has 0 aromatic carbocycles. The third-order valence-corrected chi connectivity index (χ3v) is 6.95. The van der Waals surface area contributed by atoms with Gasteiger partial charge in [-0.2, -0.15) is 0 Å². The fourth-order valence-electron chi connectivity index (χ4n) is 4.69. The molecule has 1 spiro atoms.